The van der Waals surface area contributed by atoms with Crippen LogP contribution in [-0.4, -0.2) is 37.7 Å². The molecule has 4 aromatic rings. The van der Waals surface area contributed by atoms with E-state index in [1.54, 1.807) is 36.4 Å². The minimum absolute atomic E-state index is 0.0454. The van der Waals surface area contributed by atoms with E-state index in [2.05, 4.69) is 31.8 Å². The first-order valence-electron chi connectivity index (χ1n) is 11.6. The Bertz CT molecular complexity index is 1450. The summed E-state index contributed by atoms with van der Waals surface area (Å²) in [4.78, 5) is 41.4. The highest BCUT2D eigenvalue weighted by Crippen LogP contribution is 2.23. The molecule has 9 heteroatoms. The van der Waals surface area contributed by atoms with Gasteiger partial charge in [0.1, 0.15) is 5.75 Å². The van der Waals surface area contributed by atoms with Crippen molar-refractivity contribution in [2.45, 2.75) is 19.4 Å². The van der Waals surface area contributed by atoms with Crippen molar-refractivity contribution in [2.75, 3.05) is 0 Å². The summed E-state index contributed by atoms with van der Waals surface area (Å²) in [6.07, 6.45) is 10.1. The molecule has 0 saturated carbocycles. The van der Waals surface area contributed by atoms with Gasteiger partial charge in [-0.15, -0.1) is 0 Å². The number of hydrogen-bond donors (Lipinski definition) is 3. The van der Waals surface area contributed by atoms with Crippen LogP contribution < -0.4 is 15.8 Å². The number of ketones is 1. The average Bonchev–Trinajstić information content (AvgIpc) is 3.33. The molecule has 2 aromatic carbocycles. The second-order valence-electron chi connectivity index (χ2n) is 8.25. The molecule has 1 amide bonds. The van der Waals surface area contributed by atoms with E-state index in [4.69, 9.17) is 10.5 Å². The van der Waals surface area contributed by atoms with Gasteiger partial charge in [-0.1, -0.05) is 36.4 Å². The lowest BCUT2D eigenvalue weighted by molar-refractivity contribution is 0.0931. The van der Waals surface area contributed by atoms with E-state index in [-0.39, 0.29) is 29.2 Å². The summed E-state index contributed by atoms with van der Waals surface area (Å²) in [5.41, 5.74) is 8.14. The van der Waals surface area contributed by atoms with Gasteiger partial charge >= 0.3 is 0 Å². The SMILES string of the molecule is C=C(/C=C\C=C/N)C[C@@H](C)NC(=O)c1nccnc1Oc1ccc(C(=O)c2nc3ccccc3[nH]2)cc1. The highest BCUT2D eigenvalue weighted by Gasteiger charge is 2.19. The van der Waals surface area contributed by atoms with Crippen molar-refractivity contribution < 1.29 is 14.3 Å². The minimum atomic E-state index is -0.425. The van der Waals surface area contributed by atoms with Crippen molar-refractivity contribution in [1.29, 1.82) is 0 Å². The van der Waals surface area contributed by atoms with Crippen LogP contribution in [0.3, 0.4) is 0 Å². The fourth-order valence-corrected chi connectivity index (χ4v) is 3.60. The fraction of sp³-hybridized carbons (Fsp3) is 0.107. The van der Waals surface area contributed by atoms with E-state index in [0.717, 1.165) is 16.6 Å². The molecule has 0 fully saturated rings. The fourth-order valence-electron chi connectivity index (χ4n) is 3.60. The van der Waals surface area contributed by atoms with Gasteiger partial charge in [0.25, 0.3) is 11.8 Å². The quantitative estimate of drug-likeness (QED) is 0.219. The van der Waals surface area contributed by atoms with Crippen LogP contribution in [0.1, 0.15) is 40.0 Å². The van der Waals surface area contributed by atoms with Crippen LogP contribution in [0.5, 0.6) is 11.6 Å². The number of fused-ring (bicyclic) bond motifs is 1. The summed E-state index contributed by atoms with van der Waals surface area (Å²) in [7, 11) is 0. The van der Waals surface area contributed by atoms with Crippen LogP contribution in [0.25, 0.3) is 11.0 Å². The number of nitrogens with one attached hydrogen (secondary N) is 2. The minimum Gasteiger partial charge on any atom is -0.437 e. The third-order valence-electron chi connectivity index (χ3n) is 5.32. The number of carbonyl (C=O) groups excluding carboxylic acids is 2. The van der Waals surface area contributed by atoms with Crippen molar-refractivity contribution in [3.05, 3.63) is 115 Å². The van der Waals surface area contributed by atoms with Gasteiger partial charge in [-0.3, -0.25) is 9.59 Å². The summed E-state index contributed by atoms with van der Waals surface area (Å²) in [5.74, 6) is 0.0363. The number of benzene rings is 2. The third kappa shape index (κ3) is 6.34. The maximum absolute atomic E-state index is 12.9. The van der Waals surface area contributed by atoms with Crippen LogP contribution in [0, 0.1) is 0 Å². The van der Waals surface area contributed by atoms with Crippen molar-refractivity contribution in [3.63, 3.8) is 0 Å². The predicted octanol–water partition coefficient (Wildman–Crippen LogP) is 4.47. The summed E-state index contributed by atoms with van der Waals surface area (Å²) in [6, 6.07) is 13.7. The van der Waals surface area contributed by atoms with Crippen LogP contribution in [0.4, 0.5) is 0 Å². The number of nitrogens with zero attached hydrogens (tertiary/aromatic N) is 3. The van der Waals surface area contributed by atoms with Crippen LogP contribution in [0.15, 0.2) is 97.5 Å². The maximum Gasteiger partial charge on any atom is 0.275 e. The van der Waals surface area contributed by atoms with E-state index in [1.165, 1.54) is 18.6 Å². The lowest BCUT2D eigenvalue weighted by Gasteiger charge is -2.15. The molecule has 2 heterocycles. The lowest BCUT2D eigenvalue weighted by atomic mass is 10.1. The standard InChI is InChI=1S/C28H26N6O3/c1-18(7-5-6-14-29)17-19(2)32-27(36)24-28(31-16-15-30-24)37-21-12-10-20(11-13-21)25(35)26-33-22-8-3-4-9-23(22)34-26/h3-16,19H,1,17,29H2,2H3,(H,32,36)(H,33,34)/b7-5-,14-6-/t19-/m1/s1. The number of amides is 1. The summed E-state index contributed by atoms with van der Waals surface area (Å²) >= 11 is 0. The highest BCUT2D eigenvalue weighted by molar-refractivity contribution is 6.08. The van der Waals surface area contributed by atoms with E-state index in [9.17, 15) is 9.59 Å². The number of nitrogens with two attached hydrogens (primary N) is 1. The molecule has 0 aliphatic carbocycles. The molecule has 9 nitrogen and oxygen atoms in total. The Morgan fingerprint density at radius 1 is 1.11 bits per heavy atom. The number of allylic oxidation sites excluding steroid dienone is 3. The molecule has 0 aliphatic rings. The van der Waals surface area contributed by atoms with Crippen molar-refractivity contribution in [1.82, 2.24) is 25.3 Å². The molecule has 4 N–H and O–H groups in total. The molecular formula is C28H26N6O3. The smallest absolute Gasteiger partial charge is 0.275 e. The summed E-state index contributed by atoms with van der Waals surface area (Å²) < 4.78 is 5.83. The van der Waals surface area contributed by atoms with Gasteiger partial charge in [0.05, 0.1) is 11.0 Å². The molecule has 186 valence electrons. The van der Waals surface area contributed by atoms with E-state index in [0.29, 0.717) is 17.7 Å². The molecular weight excluding hydrogens is 468 g/mol. The summed E-state index contributed by atoms with van der Waals surface area (Å²) in [6.45, 7) is 5.84. The monoisotopic (exact) mass is 494 g/mol. The molecule has 0 unspecified atom stereocenters. The molecule has 0 aliphatic heterocycles. The Morgan fingerprint density at radius 2 is 1.86 bits per heavy atom. The second-order valence-corrected chi connectivity index (χ2v) is 8.25. The van der Waals surface area contributed by atoms with Gasteiger partial charge in [0, 0.05) is 24.0 Å². The molecule has 0 spiro atoms. The zero-order chi connectivity index (χ0) is 26.2. The first-order valence-corrected chi connectivity index (χ1v) is 11.6. The van der Waals surface area contributed by atoms with Crippen molar-refractivity contribution >= 4 is 22.7 Å². The molecule has 37 heavy (non-hydrogen) atoms. The Labute approximate surface area is 213 Å². The topological polar surface area (TPSA) is 136 Å². The van der Waals surface area contributed by atoms with Gasteiger partial charge in [0.2, 0.25) is 5.78 Å². The maximum atomic E-state index is 12.9. The number of aromatic nitrogens is 4. The molecule has 2 aromatic heterocycles. The van der Waals surface area contributed by atoms with Crippen LogP contribution in [-0.2, 0) is 0 Å². The number of imidazole rings is 1. The first-order chi connectivity index (χ1) is 17.9. The van der Waals surface area contributed by atoms with Crippen molar-refractivity contribution in [2.24, 2.45) is 5.73 Å². The molecule has 0 bridgehead atoms. The van der Waals surface area contributed by atoms with Crippen LogP contribution >= 0.6 is 0 Å². The van der Waals surface area contributed by atoms with Gasteiger partial charge in [-0.2, -0.15) is 0 Å². The van der Waals surface area contributed by atoms with E-state index >= 15 is 0 Å². The highest BCUT2D eigenvalue weighted by atomic mass is 16.5. The number of H-pyrrole nitrogens is 1. The molecule has 0 saturated heterocycles. The third-order valence-corrected chi connectivity index (χ3v) is 5.32. The van der Waals surface area contributed by atoms with Gasteiger partial charge in [-0.05, 0) is 62.0 Å². The molecule has 4 rings (SSSR count). The zero-order valence-electron chi connectivity index (χ0n) is 20.2. The number of rotatable bonds is 10. The Hall–Kier alpha value is -5.05. The normalized spacial score (nSPS) is 12.1. The van der Waals surface area contributed by atoms with Gasteiger partial charge < -0.3 is 20.8 Å². The van der Waals surface area contributed by atoms with E-state index < -0.39 is 5.91 Å². The Kier molecular flexibility index (Phi) is 7.85. The Balaban J connectivity index is 1.42. The number of carbonyl (C=O) groups is 2. The van der Waals surface area contributed by atoms with Gasteiger partial charge in [0.15, 0.2) is 11.5 Å². The largest absolute Gasteiger partial charge is 0.437 e. The van der Waals surface area contributed by atoms with E-state index in [1.807, 2.05) is 37.3 Å². The second kappa shape index (κ2) is 11.6. The lowest BCUT2D eigenvalue weighted by Crippen LogP contribution is -2.33. The number of para-hydroxylation sites is 2. The summed E-state index contributed by atoms with van der Waals surface area (Å²) in [5, 5.41) is 2.88. The molecule has 0 radical (unpaired) electrons. The number of hydrogen-bond acceptors (Lipinski definition) is 7. The number of ether oxygens (including phenoxy) is 1. The average molecular weight is 495 g/mol. The zero-order valence-corrected chi connectivity index (χ0v) is 20.2. The predicted molar refractivity (Wildman–Crippen MR) is 141 cm³/mol. The van der Waals surface area contributed by atoms with Gasteiger partial charge in [-0.25, -0.2) is 15.0 Å². The van der Waals surface area contributed by atoms with Crippen molar-refractivity contribution in [3.8, 4) is 11.6 Å². The first kappa shape index (κ1) is 25.1. The number of aromatic amines is 1. The molecule has 1 atom stereocenters. The van der Waals surface area contributed by atoms with Crippen LogP contribution in [0.2, 0.25) is 0 Å². The Morgan fingerprint density at radius 3 is 2.62 bits per heavy atom.